The molecule has 2 heteroatoms. The molecule has 11 rings (SSSR count). The van der Waals surface area contributed by atoms with E-state index in [0.29, 0.717) is 0 Å². The summed E-state index contributed by atoms with van der Waals surface area (Å²) in [5, 5.41) is 7.24. The zero-order valence-electron chi connectivity index (χ0n) is 31.5. The van der Waals surface area contributed by atoms with Gasteiger partial charge in [0.05, 0.1) is 22.7 Å². The van der Waals surface area contributed by atoms with E-state index in [1.54, 1.807) is 0 Å². The number of fused-ring (bicyclic) bond motifs is 6. The maximum absolute atomic E-state index is 2.40. The van der Waals surface area contributed by atoms with Gasteiger partial charge in [0.25, 0.3) is 0 Å². The monoisotopic (exact) mass is 728 g/mol. The summed E-state index contributed by atoms with van der Waals surface area (Å²) in [6.45, 7) is 0. The Labute approximate surface area is 334 Å². The summed E-state index contributed by atoms with van der Waals surface area (Å²) < 4.78 is 0. The third-order valence-electron chi connectivity index (χ3n) is 11.1. The lowest BCUT2D eigenvalue weighted by Gasteiger charge is -2.30. The molecular weight excluding hydrogens is 689 g/mol. The first-order valence-electron chi connectivity index (χ1n) is 19.7. The predicted octanol–water partition coefficient (Wildman–Crippen LogP) is 15.3. The average Bonchev–Trinajstić information content (AvgIpc) is 3.67. The Balaban J connectivity index is 0.000000256. The van der Waals surface area contributed by atoms with Crippen LogP contribution >= 0.6 is 0 Å². The van der Waals surface area contributed by atoms with Crippen LogP contribution in [-0.4, -0.2) is 0 Å². The molecule has 57 heavy (non-hydrogen) atoms. The number of anilines is 6. The Morgan fingerprint density at radius 1 is 0.246 bits per heavy atom. The topological polar surface area (TPSA) is 6.48 Å². The van der Waals surface area contributed by atoms with E-state index in [9.17, 15) is 0 Å². The summed E-state index contributed by atoms with van der Waals surface area (Å²) in [5.74, 6) is 0. The molecule has 270 valence electrons. The van der Waals surface area contributed by atoms with Crippen molar-refractivity contribution in [2.45, 2.75) is 6.42 Å². The second-order valence-electron chi connectivity index (χ2n) is 14.5. The van der Waals surface area contributed by atoms with Crippen LogP contribution in [0.3, 0.4) is 0 Å². The molecule has 10 aromatic carbocycles. The number of hydrogen-bond donors (Lipinski definition) is 0. The number of nitrogens with zero attached hydrogens (tertiary/aromatic N) is 2. The van der Waals surface area contributed by atoms with Gasteiger partial charge >= 0.3 is 0 Å². The highest BCUT2D eigenvalue weighted by molar-refractivity contribution is 6.10. The first kappa shape index (κ1) is 34.1. The normalized spacial score (nSPS) is 11.4. The minimum absolute atomic E-state index is 1.10. The summed E-state index contributed by atoms with van der Waals surface area (Å²) in [6, 6.07) is 82.4. The molecule has 0 amide bonds. The van der Waals surface area contributed by atoms with Gasteiger partial charge < -0.3 is 9.80 Å². The van der Waals surface area contributed by atoms with Crippen molar-refractivity contribution in [3.05, 3.63) is 242 Å². The fourth-order valence-electron chi connectivity index (χ4n) is 8.52. The fraction of sp³-hybridized carbons (Fsp3) is 0.0182. The Kier molecular flexibility index (Phi) is 8.98. The molecule has 1 aliphatic rings. The summed E-state index contributed by atoms with van der Waals surface area (Å²) >= 11 is 0. The molecule has 0 unspecified atom stereocenters. The van der Waals surface area contributed by atoms with Crippen LogP contribution in [0.5, 0.6) is 0 Å². The van der Waals surface area contributed by atoms with E-state index in [1.807, 2.05) is 0 Å². The highest BCUT2D eigenvalue weighted by Gasteiger charge is 2.22. The smallest absolute Gasteiger partial charge is 0.0541 e. The Hall–Kier alpha value is -7.42. The number of hydrogen-bond acceptors (Lipinski definition) is 2. The molecular formula is C55H40N2. The zero-order chi connectivity index (χ0) is 38.0. The first-order chi connectivity index (χ1) is 28.3. The van der Waals surface area contributed by atoms with Gasteiger partial charge in [-0.25, -0.2) is 0 Å². The van der Waals surface area contributed by atoms with Crippen LogP contribution in [0.15, 0.2) is 231 Å². The average molecular weight is 729 g/mol. The Morgan fingerprint density at radius 3 is 1.02 bits per heavy atom. The van der Waals surface area contributed by atoms with E-state index >= 15 is 0 Å². The molecule has 0 heterocycles. The van der Waals surface area contributed by atoms with Gasteiger partial charge in [0.1, 0.15) is 0 Å². The molecule has 0 N–H and O–H groups in total. The van der Waals surface area contributed by atoms with Crippen molar-refractivity contribution in [2.75, 3.05) is 9.80 Å². The van der Waals surface area contributed by atoms with Crippen LogP contribution in [0.4, 0.5) is 34.1 Å². The van der Waals surface area contributed by atoms with Gasteiger partial charge in [-0.3, -0.25) is 0 Å². The Morgan fingerprint density at radius 2 is 0.561 bits per heavy atom. The van der Waals surface area contributed by atoms with Crippen LogP contribution < -0.4 is 9.80 Å². The number of para-hydroxylation sites is 2. The molecule has 0 fully saturated rings. The van der Waals surface area contributed by atoms with Crippen LogP contribution in [0.25, 0.3) is 43.4 Å². The highest BCUT2D eigenvalue weighted by Crippen LogP contribution is 2.46. The van der Waals surface area contributed by atoms with Crippen LogP contribution in [0.2, 0.25) is 0 Å². The van der Waals surface area contributed by atoms with Crippen LogP contribution in [0.1, 0.15) is 11.1 Å². The second-order valence-corrected chi connectivity index (χ2v) is 14.5. The summed E-state index contributed by atoms with van der Waals surface area (Å²) in [5.41, 5.74) is 12.6. The van der Waals surface area contributed by atoms with Crippen molar-refractivity contribution >= 4 is 66.4 Å². The van der Waals surface area contributed by atoms with E-state index < -0.39 is 0 Å². The highest BCUT2D eigenvalue weighted by atomic mass is 15.2. The van der Waals surface area contributed by atoms with Crippen molar-refractivity contribution in [2.24, 2.45) is 0 Å². The fourth-order valence-corrected chi connectivity index (χ4v) is 8.52. The quantitative estimate of drug-likeness (QED) is 0.168. The third kappa shape index (κ3) is 6.38. The number of benzene rings is 10. The predicted molar refractivity (Wildman–Crippen MR) is 243 cm³/mol. The van der Waals surface area contributed by atoms with Crippen LogP contribution in [0, 0.1) is 0 Å². The van der Waals surface area contributed by atoms with E-state index in [0.717, 1.165) is 40.5 Å². The molecule has 0 spiro atoms. The molecule has 0 radical (unpaired) electrons. The van der Waals surface area contributed by atoms with Crippen molar-refractivity contribution < 1.29 is 0 Å². The van der Waals surface area contributed by atoms with Gasteiger partial charge in [-0.1, -0.05) is 182 Å². The molecule has 0 atom stereocenters. The lowest BCUT2D eigenvalue weighted by atomic mass is 10.0. The zero-order valence-corrected chi connectivity index (χ0v) is 31.5. The lowest BCUT2D eigenvalue weighted by molar-refractivity contribution is 1.26. The maximum Gasteiger partial charge on any atom is 0.0541 e. The lowest BCUT2D eigenvalue weighted by Crippen LogP contribution is -2.13. The van der Waals surface area contributed by atoms with E-state index in [-0.39, 0.29) is 0 Å². The molecule has 0 saturated heterocycles. The standard InChI is InChI=1S/C42H30N2.C13H10/c1-3-19-33(20-4-1)43(39-27-11-17-31-15-7-9-23-35(31)39)41-29-13-26-38-37(41)25-14-30-42(38)44(34-21-5-2-6-22-34)40-28-12-18-32-16-8-10-24-36(32)40;1-3-7-12-10(5-1)9-11-6-2-4-8-13(11)12/h1-30H;1-8H,9H2. The van der Waals surface area contributed by atoms with E-state index in [1.165, 1.54) is 54.6 Å². The van der Waals surface area contributed by atoms with Gasteiger partial charge in [0, 0.05) is 32.9 Å². The van der Waals surface area contributed by atoms with Gasteiger partial charge in [-0.05, 0) is 88.0 Å². The summed E-state index contributed by atoms with van der Waals surface area (Å²) in [6.07, 6.45) is 1.10. The minimum atomic E-state index is 1.10. The largest absolute Gasteiger partial charge is 0.309 e. The summed E-state index contributed by atoms with van der Waals surface area (Å²) in [4.78, 5) is 4.80. The molecule has 1 aliphatic carbocycles. The SMILES string of the molecule is c1ccc(N(c2cccc3ccccc23)c2cccc3c(N(c4ccccc4)c4cccc5ccccc45)cccc23)cc1.c1ccc2c(c1)Cc1ccccc1-2. The molecule has 0 saturated carbocycles. The molecule has 0 aliphatic heterocycles. The van der Waals surface area contributed by atoms with Crippen molar-refractivity contribution in [1.29, 1.82) is 0 Å². The molecule has 0 bridgehead atoms. The summed E-state index contributed by atoms with van der Waals surface area (Å²) in [7, 11) is 0. The van der Waals surface area contributed by atoms with E-state index in [2.05, 4.69) is 240 Å². The van der Waals surface area contributed by atoms with Crippen molar-refractivity contribution in [3.63, 3.8) is 0 Å². The van der Waals surface area contributed by atoms with Crippen LogP contribution in [-0.2, 0) is 6.42 Å². The molecule has 0 aromatic heterocycles. The third-order valence-corrected chi connectivity index (χ3v) is 11.1. The van der Waals surface area contributed by atoms with Gasteiger partial charge in [-0.15, -0.1) is 0 Å². The maximum atomic E-state index is 2.40. The number of rotatable bonds is 6. The van der Waals surface area contributed by atoms with Gasteiger partial charge in [0.15, 0.2) is 0 Å². The van der Waals surface area contributed by atoms with Gasteiger partial charge in [-0.2, -0.15) is 0 Å². The van der Waals surface area contributed by atoms with Crippen molar-refractivity contribution in [3.8, 4) is 11.1 Å². The minimum Gasteiger partial charge on any atom is -0.309 e. The molecule has 10 aromatic rings. The van der Waals surface area contributed by atoms with E-state index in [4.69, 9.17) is 0 Å². The second kappa shape index (κ2) is 15.0. The van der Waals surface area contributed by atoms with Gasteiger partial charge in [0.2, 0.25) is 0 Å². The Bertz CT molecular complexity index is 2790. The molecule has 2 nitrogen and oxygen atoms in total. The first-order valence-corrected chi connectivity index (χ1v) is 19.7. The van der Waals surface area contributed by atoms with Crippen molar-refractivity contribution in [1.82, 2.24) is 0 Å².